The van der Waals surface area contributed by atoms with Crippen LogP contribution in [0, 0.1) is 0 Å². The molecule has 4 N–H and O–H groups in total. The van der Waals surface area contributed by atoms with Crippen LogP contribution in [0.25, 0.3) is 11.1 Å². The topological polar surface area (TPSA) is 90.3 Å². The summed E-state index contributed by atoms with van der Waals surface area (Å²) in [6.45, 7) is 3.32. The highest BCUT2D eigenvalue weighted by Gasteiger charge is 2.12. The third kappa shape index (κ3) is 2.50. The zero-order valence-electron chi connectivity index (χ0n) is 11.1. The number of hydrogen-bond acceptors (Lipinski definition) is 6. The van der Waals surface area contributed by atoms with Gasteiger partial charge in [-0.1, -0.05) is 12.1 Å². The molecule has 1 aliphatic rings. The van der Waals surface area contributed by atoms with Crippen LogP contribution in [0.3, 0.4) is 0 Å². The summed E-state index contributed by atoms with van der Waals surface area (Å²) in [5, 5.41) is 0. The maximum atomic E-state index is 5.92. The second-order valence-electron chi connectivity index (χ2n) is 4.68. The van der Waals surface area contributed by atoms with Crippen molar-refractivity contribution in [1.29, 1.82) is 0 Å². The molecule has 1 aliphatic heterocycles. The van der Waals surface area contributed by atoms with E-state index in [0.717, 1.165) is 43.1 Å². The van der Waals surface area contributed by atoms with Crippen molar-refractivity contribution in [3.8, 4) is 11.1 Å². The molecule has 3 rings (SSSR count). The lowest BCUT2D eigenvalue weighted by atomic mass is 10.1. The standard InChI is InChI=1S/C14H17N5O/c15-13-12(9-17-14(16)18-13)10-2-1-3-11(8-10)19-4-6-20-7-5-19/h1-3,8-9H,4-7H2,(H4,15,16,17,18). The highest BCUT2D eigenvalue weighted by Crippen LogP contribution is 2.28. The van der Waals surface area contributed by atoms with Gasteiger partial charge in [0.1, 0.15) is 5.82 Å². The summed E-state index contributed by atoms with van der Waals surface area (Å²) in [5.41, 5.74) is 14.4. The average molecular weight is 271 g/mol. The smallest absolute Gasteiger partial charge is 0.221 e. The van der Waals surface area contributed by atoms with E-state index >= 15 is 0 Å². The zero-order valence-corrected chi connectivity index (χ0v) is 11.1. The quantitative estimate of drug-likeness (QED) is 0.851. The van der Waals surface area contributed by atoms with Gasteiger partial charge in [0.2, 0.25) is 5.95 Å². The van der Waals surface area contributed by atoms with E-state index in [9.17, 15) is 0 Å². The number of rotatable bonds is 2. The number of nitrogen functional groups attached to an aromatic ring is 2. The molecule has 2 aromatic rings. The van der Waals surface area contributed by atoms with Crippen molar-refractivity contribution < 1.29 is 4.74 Å². The number of hydrogen-bond donors (Lipinski definition) is 2. The summed E-state index contributed by atoms with van der Waals surface area (Å²) >= 11 is 0. The molecular weight excluding hydrogens is 254 g/mol. The van der Waals surface area contributed by atoms with E-state index in [1.807, 2.05) is 12.1 Å². The van der Waals surface area contributed by atoms with Crippen LogP contribution in [-0.4, -0.2) is 36.3 Å². The lowest BCUT2D eigenvalue weighted by Gasteiger charge is -2.29. The van der Waals surface area contributed by atoms with Crippen molar-refractivity contribution in [3.63, 3.8) is 0 Å². The first-order valence-corrected chi connectivity index (χ1v) is 6.55. The predicted molar refractivity (Wildman–Crippen MR) is 79.3 cm³/mol. The van der Waals surface area contributed by atoms with Gasteiger partial charge in [0.25, 0.3) is 0 Å². The van der Waals surface area contributed by atoms with Gasteiger partial charge in [-0.05, 0) is 17.7 Å². The summed E-state index contributed by atoms with van der Waals surface area (Å²) in [6.07, 6.45) is 1.66. The highest BCUT2D eigenvalue weighted by atomic mass is 16.5. The number of benzene rings is 1. The third-order valence-electron chi connectivity index (χ3n) is 3.37. The van der Waals surface area contributed by atoms with Crippen LogP contribution in [0.5, 0.6) is 0 Å². The van der Waals surface area contributed by atoms with Crippen molar-refractivity contribution in [3.05, 3.63) is 30.5 Å². The Bertz CT molecular complexity index is 610. The Morgan fingerprint density at radius 3 is 2.70 bits per heavy atom. The van der Waals surface area contributed by atoms with Gasteiger partial charge in [-0.25, -0.2) is 4.98 Å². The van der Waals surface area contributed by atoms with Crippen molar-refractivity contribution in [2.45, 2.75) is 0 Å². The largest absolute Gasteiger partial charge is 0.383 e. The number of aromatic nitrogens is 2. The third-order valence-corrected chi connectivity index (χ3v) is 3.37. The molecule has 0 saturated carbocycles. The first-order valence-electron chi connectivity index (χ1n) is 6.55. The van der Waals surface area contributed by atoms with Crippen LogP contribution >= 0.6 is 0 Å². The van der Waals surface area contributed by atoms with Crippen molar-refractivity contribution in [2.75, 3.05) is 42.7 Å². The molecule has 0 radical (unpaired) electrons. The predicted octanol–water partition coefficient (Wildman–Crippen LogP) is 1.14. The van der Waals surface area contributed by atoms with Gasteiger partial charge < -0.3 is 21.1 Å². The Morgan fingerprint density at radius 1 is 1.15 bits per heavy atom. The Labute approximate surface area is 117 Å². The first kappa shape index (κ1) is 12.7. The minimum Gasteiger partial charge on any atom is -0.383 e. The van der Waals surface area contributed by atoms with Gasteiger partial charge in [0.05, 0.1) is 13.2 Å². The van der Waals surface area contributed by atoms with Crippen molar-refractivity contribution >= 4 is 17.5 Å². The molecule has 0 spiro atoms. The molecule has 1 saturated heterocycles. The van der Waals surface area contributed by atoms with Crippen LogP contribution in [-0.2, 0) is 4.74 Å². The van der Waals surface area contributed by atoms with Crippen LogP contribution in [0.1, 0.15) is 0 Å². The molecule has 0 atom stereocenters. The first-order chi connectivity index (χ1) is 9.74. The SMILES string of the molecule is Nc1ncc(-c2cccc(N3CCOCC3)c2)c(N)n1. The normalized spacial score (nSPS) is 15.3. The van der Waals surface area contributed by atoms with Gasteiger partial charge in [-0.15, -0.1) is 0 Å². The number of nitrogens with two attached hydrogens (primary N) is 2. The molecular formula is C14H17N5O. The van der Waals surface area contributed by atoms with Crippen LogP contribution in [0.15, 0.2) is 30.5 Å². The van der Waals surface area contributed by atoms with Crippen LogP contribution in [0.2, 0.25) is 0 Å². The minimum absolute atomic E-state index is 0.190. The minimum atomic E-state index is 0.190. The molecule has 1 fully saturated rings. The summed E-state index contributed by atoms with van der Waals surface area (Å²) < 4.78 is 5.37. The summed E-state index contributed by atoms with van der Waals surface area (Å²) in [6, 6.07) is 8.19. The fourth-order valence-corrected chi connectivity index (χ4v) is 2.32. The van der Waals surface area contributed by atoms with Gasteiger partial charge >= 0.3 is 0 Å². The summed E-state index contributed by atoms with van der Waals surface area (Å²) in [4.78, 5) is 10.3. The van der Waals surface area contributed by atoms with E-state index in [4.69, 9.17) is 16.2 Å². The highest BCUT2D eigenvalue weighted by molar-refractivity contribution is 5.76. The number of morpholine rings is 1. The van der Waals surface area contributed by atoms with Gasteiger partial charge in [0, 0.05) is 30.5 Å². The van der Waals surface area contributed by atoms with Gasteiger partial charge in [-0.2, -0.15) is 4.98 Å². The molecule has 2 heterocycles. The number of ether oxygens (including phenoxy) is 1. The molecule has 0 unspecified atom stereocenters. The lowest BCUT2D eigenvalue weighted by Crippen LogP contribution is -2.36. The Morgan fingerprint density at radius 2 is 1.95 bits per heavy atom. The molecule has 20 heavy (non-hydrogen) atoms. The van der Waals surface area contributed by atoms with Gasteiger partial charge in [-0.3, -0.25) is 0 Å². The van der Waals surface area contributed by atoms with Crippen LogP contribution in [0.4, 0.5) is 17.5 Å². The Kier molecular flexibility index (Phi) is 3.39. The van der Waals surface area contributed by atoms with E-state index < -0.39 is 0 Å². The second-order valence-corrected chi connectivity index (χ2v) is 4.68. The maximum absolute atomic E-state index is 5.92. The molecule has 0 aliphatic carbocycles. The summed E-state index contributed by atoms with van der Waals surface area (Å²) in [5.74, 6) is 0.590. The molecule has 1 aromatic carbocycles. The van der Waals surface area contributed by atoms with E-state index in [0.29, 0.717) is 5.82 Å². The fraction of sp³-hybridized carbons (Fsp3) is 0.286. The van der Waals surface area contributed by atoms with Crippen LogP contribution < -0.4 is 16.4 Å². The maximum Gasteiger partial charge on any atom is 0.221 e. The van der Waals surface area contributed by atoms with Gasteiger partial charge in [0.15, 0.2) is 0 Å². The number of anilines is 3. The van der Waals surface area contributed by atoms with E-state index in [2.05, 4.69) is 27.0 Å². The second kappa shape index (κ2) is 5.34. The number of nitrogens with zero attached hydrogens (tertiary/aromatic N) is 3. The Hall–Kier alpha value is -2.34. The lowest BCUT2D eigenvalue weighted by molar-refractivity contribution is 0.122. The monoisotopic (exact) mass is 271 g/mol. The van der Waals surface area contributed by atoms with Crippen molar-refractivity contribution in [2.24, 2.45) is 0 Å². The Balaban J connectivity index is 1.94. The molecule has 1 aromatic heterocycles. The van der Waals surface area contributed by atoms with E-state index in [-0.39, 0.29) is 5.95 Å². The zero-order chi connectivity index (χ0) is 13.9. The average Bonchev–Trinajstić information content (AvgIpc) is 2.48. The van der Waals surface area contributed by atoms with Crippen molar-refractivity contribution in [1.82, 2.24) is 9.97 Å². The summed E-state index contributed by atoms with van der Waals surface area (Å²) in [7, 11) is 0. The molecule has 0 bridgehead atoms. The molecule has 6 heteroatoms. The van der Waals surface area contributed by atoms with E-state index in [1.54, 1.807) is 6.20 Å². The molecule has 104 valence electrons. The fourth-order valence-electron chi connectivity index (χ4n) is 2.32. The van der Waals surface area contributed by atoms with E-state index in [1.165, 1.54) is 0 Å². The molecule has 0 amide bonds. The molecule has 6 nitrogen and oxygen atoms in total.